The molecule has 6 heteroatoms. The quantitative estimate of drug-likeness (QED) is 0.476. The highest BCUT2D eigenvalue weighted by Gasteiger charge is 2.28. The van der Waals surface area contributed by atoms with Crippen LogP contribution in [0, 0.1) is 0 Å². The molecule has 4 heterocycles. The summed E-state index contributed by atoms with van der Waals surface area (Å²) in [5.74, 6) is 1.58. The highest BCUT2D eigenvalue weighted by molar-refractivity contribution is 5.68. The summed E-state index contributed by atoms with van der Waals surface area (Å²) >= 11 is 0. The van der Waals surface area contributed by atoms with Crippen LogP contribution in [0.5, 0.6) is 0 Å². The summed E-state index contributed by atoms with van der Waals surface area (Å²) in [5, 5.41) is 5.09. The summed E-state index contributed by atoms with van der Waals surface area (Å²) in [6.07, 6.45) is 7.45. The van der Waals surface area contributed by atoms with E-state index in [1.807, 2.05) is 12.4 Å². The molecule has 3 aromatic heterocycles. The molecule has 1 aliphatic heterocycles. The SMILES string of the molecule is c1ccc(CN2CCN(c3ccc4nc(C5CCC5)c(-c5ccncc5)n4n3)CC2)cc1. The maximum Gasteiger partial charge on any atom is 0.154 e. The average molecular weight is 425 g/mol. The number of nitrogens with zero attached hydrogens (tertiary/aromatic N) is 6. The average Bonchev–Trinajstić information content (AvgIpc) is 3.17. The van der Waals surface area contributed by atoms with E-state index in [1.165, 1.54) is 30.5 Å². The Morgan fingerprint density at radius 1 is 0.844 bits per heavy atom. The largest absolute Gasteiger partial charge is 0.353 e. The van der Waals surface area contributed by atoms with Gasteiger partial charge >= 0.3 is 0 Å². The number of hydrogen-bond donors (Lipinski definition) is 0. The van der Waals surface area contributed by atoms with E-state index in [2.05, 4.69) is 73.9 Å². The number of aromatic nitrogens is 4. The molecular formula is C26H28N6. The van der Waals surface area contributed by atoms with Crippen molar-refractivity contribution in [2.45, 2.75) is 31.7 Å². The van der Waals surface area contributed by atoms with Crippen LogP contribution < -0.4 is 4.90 Å². The highest BCUT2D eigenvalue weighted by atomic mass is 15.4. The first-order valence-electron chi connectivity index (χ1n) is 11.7. The van der Waals surface area contributed by atoms with E-state index in [0.29, 0.717) is 5.92 Å². The Kier molecular flexibility index (Phi) is 5.07. The molecule has 1 saturated carbocycles. The number of pyridine rings is 1. The summed E-state index contributed by atoms with van der Waals surface area (Å²) in [6, 6.07) is 19.1. The second-order valence-electron chi connectivity index (χ2n) is 8.92. The van der Waals surface area contributed by atoms with E-state index in [0.717, 1.165) is 55.4 Å². The van der Waals surface area contributed by atoms with Gasteiger partial charge in [-0.15, -0.1) is 5.10 Å². The van der Waals surface area contributed by atoms with Crippen LogP contribution in [0.25, 0.3) is 16.9 Å². The molecule has 162 valence electrons. The smallest absolute Gasteiger partial charge is 0.154 e. The first-order valence-corrected chi connectivity index (χ1v) is 11.7. The molecular weight excluding hydrogens is 396 g/mol. The minimum absolute atomic E-state index is 0.546. The summed E-state index contributed by atoms with van der Waals surface area (Å²) in [6.45, 7) is 5.08. The first-order chi connectivity index (χ1) is 15.8. The van der Waals surface area contributed by atoms with Gasteiger partial charge in [-0.1, -0.05) is 36.8 Å². The molecule has 2 aliphatic rings. The molecule has 6 nitrogen and oxygen atoms in total. The summed E-state index contributed by atoms with van der Waals surface area (Å²) in [4.78, 5) is 14.1. The van der Waals surface area contributed by atoms with E-state index in [4.69, 9.17) is 10.1 Å². The molecule has 2 fully saturated rings. The zero-order chi connectivity index (χ0) is 21.3. The fourth-order valence-electron chi connectivity index (χ4n) is 4.83. The number of piperazine rings is 1. The van der Waals surface area contributed by atoms with Crippen LogP contribution in [0.1, 0.15) is 36.4 Å². The van der Waals surface area contributed by atoms with Crippen molar-refractivity contribution in [1.29, 1.82) is 0 Å². The molecule has 1 aromatic carbocycles. The molecule has 0 atom stereocenters. The molecule has 0 unspecified atom stereocenters. The third kappa shape index (κ3) is 3.65. The van der Waals surface area contributed by atoms with Crippen molar-refractivity contribution in [3.05, 3.63) is 78.2 Å². The highest BCUT2D eigenvalue weighted by Crippen LogP contribution is 2.41. The molecule has 0 N–H and O–H groups in total. The van der Waals surface area contributed by atoms with Gasteiger partial charge in [0.25, 0.3) is 0 Å². The molecule has 0 bridgehead atoms. The fraction of sp³-hybridized carbons (Fsp3) is 0.346. The standard InChI is InChI=1S/C26H28N6/c1-2-5-20(6-3-1)19-30-15-17-31(18-16-30)24-10-9-23-28-25(21-7-4-8-21)26(32(23)29-24)22-11-13-27-14-12-22/h1-3,5-6,9-14,21H,4,7-8,15-19H2. The summed E-state index contributed by atoms with van der Waals surface area (Å²) in [7, 11) is 0. The zero-order valence-corrected chi connectivity index (χ0v) is 18.3. The van der Waals surface area contributed by atoms with Crippen LogP contribution in [0.3, 0.4) is 0 Å². The lowest BCUT2D eigenvalue weighted by atomic mass is 9.81. The third-order valence-corrected chi connectivity index (χ3v) is 6.88. The maximum absolute atomic E-state index is 5.09. The first kappa shape index (κ1) is 19.4. The van der Waals surface area contributed by atoms with Crippen LogP contribution in [-0.2, 0) is 6.54 Å². The molecule has 1 saturated heterocycles. The number of hydrogen-bond acceptors (Lipinski definition) is 5. The maximum atomic E-state index is 5.09. The van der Waals surface area contributed by atoms with Crippen LogP contribution >= 0.6 is 0 Å². The van der Waals surface area contributed by atoms with E-state index in [-0.39, 0.29) is 0 Å². The lowest BCUT2D eigenvalue weighted by molar-refractivity contribution is 0.249. The van der Waals surface area contributed by atoms with Crippen molar-refractivity contribution in [3.63, 3.8) is 0 Å². The Balaban J connectivity index is 1.27. The second kappa shape index (κ2) is 8.36. The Bertz CT molecular complexity index is 1190. The molecule has 32 heavy (non-hydrogen) atoms. The lowest BCUT2D eigenvalue weighted by Crippen LogP contribution is -2.46. The van der Waals surface area contributed by atoms with Gasteiger partial charge in [0.05, 0.1) is 11.4 Å². The van der Waals surface area contributed by atoms with Crippen LogP contribution in [-0.4, -0.2) is 50.7 Å². The molecule has 0 radical (unpaired) electrons. The number of anilines is 1. The third-order valence-electron chi connectivity index (χ3n) is 6.88. The monoisotopic (exact) mass is 424 g/mol. The summed E-state index contributed by atoms with van der Waals surface area (Å²) in [5.41, 5.74) is 5.79. The van der Waals surface area contributed by atoms with Crippen LogP contribution in [0.2, 0.25) is 0 Å². The summed E-state index contributed by atoms with van der Waals surface area (Å²) < 4.78 is 2.06. The Morgan fingerprint density at radius 2 is 1.62 bits per heavy atom. The number of fused-ring (bicyclic) bond motifs is 1. The van der Waals surface area contributed by atoms with Crippen molar-refractivity contribution in [1.82, 2.24) is 24.5 Å². The van der Waals surface area contributed by atoms with Crippen molar-refractivity contribution in [3.8, 4) is 11.3 Å². The van der Waals surface area contributed by atoms with Gasteiger partial charge < -0.3 is 4.90 Å². The van der Waals surface area contributed by atoms with Gasteiger partial charge in [-0.2, -0.15) is 0 Å². The predicted octanol–water partition coefficient (Wildman–Crippen LogP) is 4.38. The second-order valence-corrected chi connectivity index (χ2v) is 8.92. The van der Waals surface area contributed by atoms with Gasteiger partial charge in [0.2, 0.25) is 0 Å². The normalized spacial score (nSPS) is 17.6. The van der Waals surface area contributed by atoms with Gasteiger partial charge in [0.15, 0.2) is 5.65 Å². The van der Waals surface area contributed by atoms with E-state index in [1.54, 1.807) is 0 Å². The van der Waals surface area contributed by atoms with Crippen LogP contribution in [0.4, 0.5) is 5.82 Å². The van der Waals surface area contributed by atoms with Gasteiger partial charge in [-0.3, -0.25) is 9.88 Å². The Morgan fingerprint density at radius 3 is 2.34 bits per heavy atom. The van der Waals surface area contributed by atoms with Gasteiger partial charge in [-0.05, 0) is 42.7 Å². The number of rotatable bonds is 5. The minimum atomic E-state index is 0.546. The van der Waals surface area contributed by atoms with Gasteiger partial charge in [-0.25, -0.2) is 9.50 Å². The van der Waals surface area contributed by atoms with Gasteiger partial charge in [0.1, 0.15) is 5.82 Å². The van der Waals surface area contributed by atoms with Crippen molar-refractivity contribution in [2.75, 3.05) is 31.1 Å². The Hall–Kier alpha value is -3.25. The fourth-order valence-corrected chi connectivity index (χ4v) is 4.83. The topological polar surface area (TPSA) is 49.6 Å². The van der Waals surface area contributed by atoms with E-state index in [9.17, 15) is 0 Å². The number of benzene rings is 1. The van der Waals surface area contributed by atoms with Crippen LogP contribution in [0.15, 0.2) is 67.0 Å². The van der Waals surface area contributed by atoms with Crippen molar-refractivity contribution in [2.24, 2.45) is 0 Å². The van der Waals surface area contributed by atoms with Crippen molar-refractivity contribution < 1.29 is 0 Å². The van der Waals surface area contributed by atoms with Gasteiger partial charge in [0, 0.05) is 56.6 Å². The predicted molar refractivity (Wildman–Crippen MR) is 127 cm³/mol. The Labute approximate surface area is 188 Å². The van der Waals surface area contributed by atoms with E-state index < -0.39 is 0 Å². The molecule has 0 amide bonds. The number of imidazole rings is 1. The zero-order valence-electron chi connectivity index (χ0n) is 18.3. The molecule has 0 spiro atoms. The van der Waals surface area contributed by atoms with E-state index >= 15 is 0 Å². The molecule has 6 rings (SSSR count). The molecule has 1 aliphatic carbocycles. The lowest BCUT2D eigenvalue weighted by Gasteiger charge is -2.35. The minimum Gasteiger partial charge on any atom is -0.353 e. The van der Waals surface area contributed by atoms with Crippen molar-refractivity contribution >= 4 is 11.5 Å². The molecule has 4 aromatic rings.